The van der Waals surface area contributed by atoms with Crippen LogP contribution >= 0.6 is 0 Å². The van der Waals surface area contributed by atoms with E-state index in [0.29, 0.717) is 13.2 Å². The van der Waals surface area contributed by atoms with Gasteiger partial charge in [0.05, 0.1) is 6.10 Å². The van der Waals surface area contributed by atoms with Gasteiger partial charge in [0, 0.05) is 24.9 Å². The summed E-state index contributed by atoms with van der Waals surface area (Å²) >= 11 is 0. The molecular formula is C23H27FN2O4. The van der Waals surface area contributed by atoms with Crippen LogP contribution in [0.2, 0.25) is 0 Å². The molecule has 1 fully saturated rings. The van der Waals surface area contributed by atoms with E-state index in [0.717, 1.165) is 29.7 Å². The summed E-state index contributed by atoms with van der Waals surface area (Å²) in [6, 6.07) is 11.3. The van der Waals surface area contributed by atoms with Crippen molar-refractivity contribution in [1.82, 2.24) is 4.90 Å². The molecule has 1 aliphatic heterocycles. The second kappa shape index (κ2) is 10.2. The Kier molecular flexibility index (Phi) is 7.41. The van der Waals surface area contributed by atoms with E-state index in [1.54, 1.807) is 6.07 Å². The molecule has 3 rings (SSSR count). The molecule has 0 aliphatic carbocycles. The number of carbonyl (C=O) groups excluding carboxylic acids is 2. The molecule has 6 nitrogen and oxygen atoms in total. The van der Waals surface area contributed by atoms with Crippen LogP contribution < -0.4 is 10.1 Å². The predicted octanol–water partition coefficient (Wildman–Crippen LogP) is 3.47. The summed E-state index contributed by atoms with van der Waals surface area (Å²) < 4.78 is 24.4. The molecule has 0 saturated carbocycles. The maximum absolute atomic E-state index is 13.3. The van der Waals surface area contributed by atoms with Crippen LogP contribution in [0.1, 0.15) is 24.0 Å². The molecule has 7 heteroatoms. The fourth-order valence-corrected chi connectivity index (χ4v) is 3.33. The Morgan fingerprint density at radius 3 is 2.77 bits per heavy atom. The second-order valence-electron chi connectivity index (χ2n) is 7.45. The zero-order valence-electron chi connectivity index (χ0n) is 17.3. The first-order chi connectivity index (χ1) is 14.4. The molecule has 2 aromatic rings. The molecule has 1 atom stereocenters. The van der Waals surface area contributed by atoms with E-state index in [1.165, 1.54) is 23.1 Å². The van der Waals surface area contributed by atoms with Gasteiger partial charge < -0.3 is 19.7 Å². The molecule has 0 spiro atoms. The van der Waals surface area contributed by atoms with E-state index in [9.17, 15) is 14.0 Å². The first-order valence-electron chi connectivity index (χ1n) is 10.1. The molecule has 0 unspecified atom stereocenters. The van der Waals surface area contributed by atoms with Crippen molar-refractivity contribution in [2.75, 3.05) is 31.6 Å². The maximum Gasteiger partial charge on any atom is 0.261 e. The molecule has 1 saturated heterocycles. The molecule has 160 valence electrons. The molecule has 2 amide bonds. The molecule has 30 heavy (non-hydrogen) atoms. The van der Waals surface area contributed by atoms with Gasteiger partial charge in [0.2, 0.25) is 5.91 Å². The Balaban J connectivity index is 1.64. The first-order valence-corrected chi connectivity index (χ1v) is 10.1. The van der Waals surface area contributed by atoms with Crippen LogP contribution in [0.15, 0.2) is 42.5 Å². The highest BCUT2D eigenvalue weighted by Crippen LogP contribution is 2.19. The van der Waals surface area contributed by atoms with Crippen molar-refractivity contribution in [3.8, 4) is 5.75 Å². The summed E-state index contributed by atoms with van der Waals surface area (Å²) in [7, 11) is 0. The average molecular weight is 414 g/mol. The van der Waals surface area contributed by atoms with Crippen LogP contribution in [-0.4, -0.2) is 49.1 Å². The summed E-state index contributed by atoms with van der Waals surface area (Å²) in [6.45, 7) is 4.48. The average Bonchev–Trinajstić information content (AvgIpc) is 3.22. The van der Waals surface area contributed by atoms with Crippen LogP contribution in [-0.2, 0) is 14.3 Å². The van der Waals surface area contributed by atoms with Crippen molar-refractivity contribution in [3.05, 3.63) is 59.4 Å². The maximum atomic E-state index is 13.3. The molecule has 1 heterocycles. The predicted molar refractivity (Wildman–Crippen MR) is 112 cm³/mol. The minimum atomic E-state index is -0.441. The normalized spacial score (nSPS) is 15.6. The minimum Gasteiger partial charge on any atom is -0.484 e. The van der Waals surface area contributed by atoms with Gasteiger partial charge >= 0.3 is 0 Å². The number of hydrogen-bond donors (Lipinski definition) is 1. The smallest absolute Gasteiger partial charge is 0.261 e. The lowest BCUT2D eigenvalue weighted by Gasteiger charge is -2.25. The quantitative estimate of drug-likeness (QED) is 0.718. The Bertz CT molecular complexity index is 897. The monoisotopic (exact) mass is 414 g/mol. The third-order valence-electron chi connectivity index (χ3n) is 5.17. The van der Waals surface area contributed by atoms with E-state index in [1.807, 2.05) is 32.0 Å². The number of hydrogen-bond acceptors (Lipinski definition) is 4. The number of nitrogens with one attached hydrogen (secondary N) is 1. The van der Waals surface area contributed by atoms with E-state index >= 15 is 0 Å². The van der Waals surface area contributed by atoms with Gasteiger partial charge in [-0.15, -0.1) is 0 Å². The van der Waals surface area contributed by atoms with Crippen molar-refractivity contribution in [3.63, 3.8) is 0 Å². The topological polar surface area (TPSA) is 67.9 Å². The van der Waals surface area contributed by atoms with Crippen LogP contribution in [0.3, 0.4) is 0 Å². The Hall–Kier alpha value is -2.93. The molecular weight excluding hydrogens is 387 g/mol. The van der Waals surface area contributed by atoms with Crippen molar-refractivity contribution in [1.29, 1.82) is 0 Å². The minimum absolute atomic E-state index is 0.100. The van der Waals surface area contributed by atoms with Gasteiger partial charge in [-0.05, 0) is 56.0 Å². The number of carbonyl (C=O) groups is 2. The third kappa shape index (κ3) is 6.03. The number of aryl methyl sites for hydroxylation is 1. The number of amides is 2. The summed E-state index contributed by atoms with van der Waals surface area (Å²) in [5.74, 6) is -0.823. The van der Waals surface area contributed by atoms with E-state index in [2.05, 4.69) is 5.32 Å². The molecule has 1 aliphatic rings. The van der Waals surface area contributed by atoms with Crippen molar-refractivity contribution in [2.45, 2.75) is 32.8 Å². The lowest BCUT2D eigenvalue weighted by atomic mass is 10.1. The van der Waals surface area contributed by atoms with Gasteiger partial charge in [-0.25, -0.2) is 4.39 Å². The first kappa shape index (κ1) is 21.8. The fraction of sp³-hybridized carbons (Fsp3) is 0.391. The number of anilines is 1. The molecule has 1 N–H and O–H groups in total. The third-order valence-corrected chi connectivity index (χ3v) is 5.17. The highest BCUT2D eigenvalue weighted by atomic mass is 19.1. The zero-order valence-corrected chi connectivity index (χ0v) is 17.3. The second-order valence-corrected chi connectivity index (χ2v) is 7.45. The van der Waals surface area contributed by atoms with Gasteiger partial charge in [0.15, 0.2) is 6.61 Å². The van der Waals surface area contributed by atoms with Crippen LogP contribution in [0.25, 0.3) is 0 Å². The van der Waals surface area contributed by atoms with Gasteiger partial charge in [0.25, 0.3) is 5.91 Å². The fourth-order valence-electron chi connectivity index (χ4n) is 3.33. The highest BCUT2D eigenvalue weighted by Gasteiger charge is 2.25. The standard InChI is InChI=1S/C23H27FN2O4/c1-16-6-3-10-21(17(16)2)25-22(27)14-26(13-20-9-5-11-29-20)23(28)15-30-19-8-4-7-18(24)12-19/h3-4,6-8,10,12,20H,5,9,11,13-15H2,1-2H3,(H,25,27)/t20-/m1/s1. The van der Waals surface area contributed by atoms with Crippen molar-refractivity contribution in [2.24, 2.45) is 0 Å². The van der Waals surface area contributed by atoms with E-state index < -0.39 is 5.82 Å². The lowest BCUT2D eigenvalue weighted by Crippen LogP contribution is -2.44. The van der Waals surface area contributed by atoms with Crippen LogP contribution in [0, 0.1) is 19.7 Å². The Labute approximate surface area is 176 Å². The number of ether oxygens (including phenoxy) is 2. The summed E-state index contributed by atoms with van der Waals surface area (Å²) in [4.78, 5) is 26.9. The van der Waals surface area contributed by atoms with Crippen LogP contribution in [0.5, 0.6) is 5.75 Å². The molecule has 0 bridgehead atoms. The van der Waals surface area contributed by atoms with E-state index in [-0.39, 0.29) is 36.8 Å². The van der Waals surface area contributed by atoms with Crippen LogP contribution in [0.4, 0.5) is 10.1 Å². The summed E-state index contributed by atoms with van der Waals surface area (Å²) in [6.07, 6.45) is 1.67. The Morgan fingerprint density at radius 2 is 2.03 bits per heavy atom. The zero-order chi connectivity index (χ0) is 21.5. The number of rotatable bonds is 8. The SMILES string of the molecule is Cc1cccc(NC(=O)CN(C[C@H]2CCCO2)C(=O)COc2cccc(F)c2)c1C. The summed E-state index contributed by atoms with van der Waals surface area (Å²) in [5, 5.41) is 2.88. The van der Waals surface area contributed by atoms with Crippen molar-refractivity contribution >= 4 is 17.5 Å². The van der Waals surface area contributed by atoms with Gasteiger partial charge in [-0.3, -0.25) is 9.59 Å². The molecule has 2 aromatic carbocycles. The van der Waals surface area contributed by atoms with Gasteiger partial charge in [-0.1, -0.05) is 18.2 Å². The number of benzene rings is 2. The number of nitrogens with zero attached hydrogens (tertiary/aromatic N) is 1. The number of halogens is 1. The van der Waals surface area contributed by atoms with E-state index in [4.69, 9.17) is 9.47 Å². The molecule has 0 aromatic heterocycles. The molecule has 0 radical (unpaired) electrons. The lowest BCUT2D eigenvalue weighted by molar-refractivity contribution is -0.138. The van der Waals surface area contributed by atoms with Gasteiger partial charge in [-0.2, -0.15) is 0 Å². The van der Waals surface area contributed by atoms with Gasteiger partial charge in [0.1, 0.15) is 18.1 Å². The van der Waals surface area contributed by atoms with Crippen molar-refractivity contribution < 1.29 is 23.5 Å². The highest BCUT2D eigenvalue weighted by molar-refractivity contribution is 5.95. The Morgan fingerprint density at radius 1 is 1.23 bits per heavy atom. The largest absolute Gasteiger partial charge is 0.484 e. The summed E-state index contributed by atoms with van der Waals surface area (Å²) in [5.41, 5.74) is 2.78.